The van der Waals surface area contributed by atoms with Crippen molar-refractivity contribution in [3.63, 3.8) is 0 Å². The van der Waals surface area contributed by atoms with Crippen LogP contribution in [-0.4, -0.2) is 29.1 Å². The van der Waals surface area contributed by atoms with Crippen molar-refractivity contribution >= 4 is 17.9 Å². The summed E-state index contributed by atoms with van der Waals surface area (Å²) in [6.07, 6.45) is -0.275. The van der Waals surface area contributed by atoms with Crippen molar-refractivity contribution in [3.05, 3.63) is 35.6 Å². The number of nitrogens with two attached hydrogens (primary N) is 1. The van der Waals surface area contributed by atoms with Crippen LogP contribution >= 0.6 is 0 Å². The molecule has 1 rings (SSSR count). The van der Waals surface area contributed by atoms with Gasteiger partial charge in [0.2, 0.25) is 5.91 Å². The lowest BCUT2D eigenvalue weighted by atomic mass is 10.1. The maximum atomic E-state index is 13.3. The molecule has 0 aliphatic rings. The predicted molar refractivity (Wildman–Crippen MR) is 71.6 cm³/mol. The van der Waals surface area contributed by atoms with Crippen LogP contribution < -0.4 is 16.4 Å². The molecule has 0 aromatic heterocycles. The number of carboxylic acids is 1. The van der Waals surface area contributed by atoms with Crippen molar-refractivity contribution in [2.24, 2.45) is 5.73 Å². The van der Waals surface area contributed by atoms with E-state index in [1.54, 1.807) is 6.07 Å². The van der Waals surface area contributed by atoms with Crippen LogP contribution in [0.1, 0.15) is 18.4 Å². The van der Waals surface area contributed by atoms with Gasteiger partial charge in [-0.3, -0.25) is 4.79 Å². The van der Waals surface area contributed by atoms with Gasteiger partial charge < -0.3 is 21.5 Å². The van der Waals surface area contributed by atoms with Crippen LogP contribution in [0.25, 0.3) is 0 Å². The second-order valence-corrected chi connectivity index (χ2v) is 4.31. The maximum absolute atomic E-state index is 13.3. The molecule has 5 N–H and O–H groups in total. The predicted octanol–water partition coefficient (Wildman–Crippen LogP) is 0.344. The molecule has 1 atom stereocenters. The minimum Gasteiger partial charge on any atom is -0.480 e. The van der Waals surface area contributed by atoms with E-state index in [0.29, 0.717) is 0 Å². The molecule has 8 heteroatoms. The van der Waals surface area contributed by atoms with E-state index in [9.17, 15) is 18.8 Å². The second-order valence-electron chi connectivity index (χ2n) is 4.31. The van der Waals surface area contributed by atoms with Gasteiger partial charge in [0.15, 0.2) is 0 Å². The van der Waals surface area contributed by atoms with Gasteiger partial charge in [-0.25, -0.2) is 14.0 Å². The highest BCUT2D eigenvalue weighted by atomic mass is 19.1. The zero-order valence-corrected chi connectivity index (χ0v) is 11.1. The maximum Gasteiger partial charge on any atom is 0.326 e. The van der Waals surface area contributed by atoms with Gasteiger partial charge in [-0.2, -0.15) is 0 Å². The average Bonchev–Trinajstić information content (AvgIpc) is 2.42. The zero-order chi connectivity index (χ0) is 15.8. The van der Waals surface area contributed by atoms with E-state index in [2.05, 4.69) is 10.6 Å². The Morgan fingerprint density at radius 1 is 1.29 bits per heavy atom. The van der Waals surface area contributed by atoms with Gasteiger partial charge in [0.1, 0.15) is 11.9 Å². The number of carbonyl (C=O) groups excluding carboxylic acids is 2. The first kappa shape index (κ1) is 16.4. The molecule has 0 aliphatic heterocycles. The molecule has 0 saturated heterocycles. The molecule has 1 unspecified atom stereocenters. The summed E-state index contributed by atoms with van der Waals surface area (Å²) in [6, 6.07) is 3.88. The lowest BCUT2D eigenvalue weighted by Crippen LogP contribution is -2.46. The number of carboxylic acid groups (broad SMARTS) is 1. The highest BCUT2D eigenvalue weighted by molar-refractivity contribution is 5.83. The Bertz CT molecular complexity index is 536. The number of halogens is 1. The van der Waals surface area contributed by atoms with Crippen molar-refractivity contribution in [1.82, 2.24) is 10.6 Å². The molecule has 1 aromatic rings. The van der Waals surface area contributed by atoms with Crippen LogP contribution in [-0.2, 0) is 16.1 Å². The summed E-state index contributed by atoms with van der Waals surface area (Å²) in [6.45, 7) is -0.0827. The van der Waals surface area contributed by atoms with Crippen molar-refractivity contribution in [2.45, 2.75) is 25.4 Å². The van der Waals surface area contributed by atoms with Gasteiger partial charge in [-0.1, -0.05) is 18.2 Å². The molecule has 0 fully saturated rings. The van der Waals surface area contributed by atoms with Gasteiger partial charge >= 0.3 is 12.0 Å². The van der Waals surface area contributed by atoms with E-state index in [1.165, 1.54) is 18.2 Å². The topological polar surface area (TPSA) is 122 Å². The van der Waals surface area contributed by atoms with Crippen molar-refractivity contribution in [1.29, 1.82) is 0 Å². The third-order valence-electron chi connectivity index (χ3n) is 2.68. The molecule has 21 heavy (non-hydrogen) atoms. The zero-order valence-electron chi connectivity index (χ0n) is 11.1. The Labute approximate surface area is 120 Å². The quantitative estimate of drug-likeness (QED) is 0.580. The molecule has 0 spiro atoms. The summed E-state index contributed by atoms with van der Waals surface area (Å²) >= 11 is 0. The van der Waals surface area contributed by atoms with E-state index >= 15 is 0 Å². The lowest BCUT2D eigenvalue weighted by molar-refractivity contribution is -0.139. The number of urea groups is 1. The van der Waals surface area contributed by atoms with Crippen LogP contribution in [0.4, 0.5) is 9.18 Å². The van der Waals surface area contributed by atoms with Crippen molar-refractivity contribution < 1.29 is 23.9 Å². The summed E-state index contributed by atoms with van der Waals surface area (Å²) in [5.41, 5.74) is 5.20. The van der Waals surface area contributed by atoms with Crippen LogP contribution in [0.2, 0.25) is 0 Å². The molecule has 0 saturated carbocycles. The largest absolute Gasteiger partial charge is 0.480 e. The number of nitrogens with one attached hydrogen (secondary N) is 2. The SMILES string of the molecule is NC(=O)CCC(NC(=O)NCc1ccccc1F)C(=O)O. The Morgan fingerprint density at radius 2 is 1.95 bits per heavy atom. The molecular weight excluding hydrogens is 281 g/mol. The second kappa shape index (κ2) is 7.83. The monoisotopic (exact) mass is 297 g/mol. The van der Waals surface area contributed by atoms with Crippen LogP contribution in [0.3, 0.4) is 0 Å². The molecule has 114 valence electrons. The van der Waals surface area contributed by atoms with E-state index in [1.807, 2.05) is 0 Å². The van der Waals surface area contributed by atoms with Gasteiger partial charge in [-0.05, 0) is 12.5 Å². The summed E-state index contributed by atoms with van der Waals surface area (Å²) in [5.74, 6) is -2.41. The average molecular weight is 297 g/mol. The summed E-state index contributed by atoms with van der Waals surface area (Å²) in [7, 11) is 0. The number of carbonyl (C=O) groups is 3. The molecule has 7 nitrogen and oxygen atoms in total. The van der Waals surface area contributed by atoms with Crippen LogP contribution in [0.15, 0.2) is 24.3 Å². The number of benzene rings is 1. The number of primary amides is 1. The number of aliphatic carboxylic acids is 1. The first-order valence-electron chi connectivity index (χ1n) is 6.19. The van der Waals surface area contributed by atoms with E-state index in [-0.39, 0.29) is 24.9 Å². The van der Waals surface area contributed by atoms with Crippen LogP contribution in [0.5, 0.6) is 0 Å². The highest BCUT2D eigenvalue weighted by Crippen LogP contribution is 2.05. The molecule has 0 heterocycles. The normalized spacial score (nSPS) is 11.5. The smallest absolute Gasteiger partial charge is 0.326 e. The number of hydrogen-bond acceptors (Lipinski definition) is 3. The van der Waals surface area contributed by atoms with Crippen LogP contribution in [0, 0.1) is 5.82 Å². The fraction of sp³-hybridized carbons (Fsp3) is 0.308. The first-order valence-corrected chi connectivity index (χ1v) is 6.19. The number of amides is 3. The third kappa shape index (κ3) is 5.89. The number of hydrogen-bond donors (Lipinski definition) is 4. The Morgan fingerprint density at radius 3 is 2.52 bits per heavy atom. The minimum atomic E-state index is -1.28. The molecule has 1 aromatic carbocycles. The fourth-order valence-corrected chi connectivity index (χ4v) is 1.57. The van der Waals surface area contributed by atoms with Gasteiger partial charge in [0.05, 0.1) is 0 Å². The highest BCUT2D eigenvalue weighted by Gasteiger charge is 2.20. The van der Waals surface area contributed by atoms with Crippen molar-refractivity contribution in [2.75, 3.05) is 0 Å². The first-order chi connectivity index (χ1) is 9.90. The molecule has 0 bridgehead atoms. The van der Waals surface area contributed by atoms with E-state index in [0.717, 1.165) is 0 Å². The summed E-state index contributed by atoms with van der Waals surface area (Å²) in [4.78, 5) is 33.1. The van der Waals surface area contributed by atoms with Gasteiger partial charge in [-0.15, -0.1) is 0 Å². The Hall–Kier alpha value is -2.64. The molecule has 0 radical (unpaired) electrons. The molecular formula is C13H16FN3O4. The lowest BCUT2D eigenvalue weighted by Gasteiger charge is -2.14. The standard InChI is InChI=1S/C13H16FN3O4/c14-9-4-2-1-3-8(9)7-16-13(21)17-10(12(19)20)5-6-11(15)18/h1-4,10H,5-7H2,(H2,15,18)(H,19,20)(H2,16,17,21). The van der Waals surface area contributed by atoms with Gasteiger partial charge in [0, 0.05) is 18.5 Å². The molecule has 0 aliphatic carbocycles. The third-order valence-corrected chi connectivity index (χ3v) is 2.68. The van der Waals surface area contributed by atoms with E-state index in [4.69, 9.17) is 10.8 Å². The fourth-order valence-electron chi connectivity index (χ4n) is 1.57. The van der Waals surface area contributed by atoms with Gasteiger partial charge in [0.25, 0.3) is 0 Å². The summed E-state index contributed by atoms with van der Waals surface area (Å²) < 4.78 is 13.3. The van der Waals surface area contributed by atoms with E-state index < -0.39 is 29.8 Å². The van der Waals surface area contributed by atoms with Crippen molar-refractivity contribution in [3.8, 4) is 0 Å². The Kier molecular flexibility index (Phi) is 6.12. The molecule has 3 amide bonds. The number of rotatable bonds is 7. The summed E-state index contributed by atoms with van der Waals surface area (Å²) in [5, 5.41) is 13.4. The minimum absolute atomic E-state index is 0.0827. The Balaban J connectivity index is 2.49.